The zero-order chi connectivity index (χ0) is 20.8. The molecule has 6 heteroatoms. The topological polar surface area (TPSA) is 67.4 Å². The fourth-order valence-corrected chi connectivity index (χ4v) is 3.50. The fraction of sp³-hybridized carbons (Fsp3) is 0.208. The van der Waals surface area contributed by atoms with Gasteiger partial charge in [0.15, 0.2) is 0 Å². The molecule has 1 saturated heterocycles. The third-order valence-electron chi connectivity index (χ3n) is 5.07. The van der Waals surface area contributed by atoms with E-state index in [4.69, 9.17) is 4.74 Å². The molecular weight excluding hydrogens is 376 g/mol. The van der Waals surface area contributed by atoms with Gasteiger partial charge in [0.1, 0.15) is 5.75 Å². The minimum atomic E-state index is -0.0836. The number of aromatic nitrogens is 2. The maximum absolute atomic E-state index is 12.5. The third-order valence-corrected chi connectivity index (χ3v) is 5.07. The van der Waals surface area contributed by atoms with Gasteiger partial charge in [-0.3, -0.25) is 4.98 Å². The van der Waals surface area contributed by atoms with Gasteiger partial charge in [0.2, 0.25) is 5.88 Å². The monoisotopic (exact) mass is 400 g/mol. The summed E-state index contributed by atoms with van der Waals surface area (Å²) in [5.41, 5.74) is 3.12. The van der Waals surface area contributed by atoms with Gasteiger partial charge in [0.25, 0.3) is 0 Å². The van der Waals surface area contributed by atoms with Crippen LogP contribution in [0.3, 0.4) is 0 Å². The summed E-state index contributed by atoms with van der Waals surface area (Å²) in [6.45, 7) is 3.53. The van der Waals surface area contributed by atoms with Crippen LogP contribution in [0.25, 0.3) is 6.08 Å². The average molecular weight is 400 g/mol. The Bertz CT molecular complexity index is 1020. The maximum atomic E-state index is 12.5. The number of rotatable bonds is 4. The molecule has 1 aliphatic rings. The first-order chi connectivity index (χ1) is 14.7. The van der Waals surface area contributed by atoms with E-state index in [-0.39, 0.29) is 11.9 Å². The molecule has 0 bridgehead atoms. The van der Waals surface area contributed by atoms with Gasteiger partial charge in [-0.25, -0.2) is 9.78 Å². The number of amides is 2. The molecule has 0 radical (unpaired) electrons. The van der Waals surface area contributed by atoms with Gasteiger partial charge in [-0.05, 0) is 48.2 Å². The Balaban J connectivity index is 1.39. The summed E-state index contributed by atoms with van der Waals surface area (Å²) >= 11 is 0. The molecule has 0 saturated carbocycles. The minimum absolute atomic E-state index is 0.0836. The van der Waals surface area contributed by atoms with Crippen molar-refractivity contribution in [2.24, 2.45) is 5.92 Å². The number of nitrogens with zero attached hydrogens (tertiary/aromatic N) is 3. The van der Waals surface area contributed by atoms with E-state index in [9.17, 15) is 4.79 Å². The van der Waals surface area contributed by atoms with Crippen molar-refractivity contribution >= 4 is 17.8 Å². The Kier molecular flexibility index (Phi) is 6.03. The van der Waals surface area contributed by atoms with Crippen molar-refractivity contribution in [3.8, 4) is 11.6 Å². The second kappa shape index (κ2) is 9.22. The van der Waals surface area contributed by atoms with Crippen LogP contribution in [0.4, 0.5) is 10.5 Å². The van der Waals surface area contributed by atoms with Crippen molar-refractivity contribution in [3.05, 3.63) is 84.3 Å². The highest BCUT2D eigenvalue weighted by Gasteiger charge is 2.24. The van der Waals surface area contributed by atoms with Crippen LogP contribution in [0.15, 0.2) is 78.8 Å². The van der Waals surface area contributed by atoms with Crippen molar-refractivity contribution in [2.45, 2.75) is 13.3 Å². The lowest BCUT2D eigenvalue weighted by Gasteiger charge is -2.33. The van der Waals surface area contributed by atoms with Gasteiger partial charge in [-0.15, -0.1) is 0 Å². The van der Waals surface area contributed by atoms with E-state index in [2.05, 4.69) is 34.4 Å². The van der Waals surface area contributed by atoms with Gasteiger partial charge in [0.05, 0.1) is 11.9 Å². The van der Waals surface area contributed by atoms with Crippen LogP contribution in [-0.2, 0) is 0 Å². The van der Waals surface area contributed by atoms with Crippen LogP contribution < -0.4 is 10.1 Å². The summed E-state index contributed by atoms with van der Waals surface area (Å²) in [6, 6.07) is 17.1. The maximum Gasteiger partial charge on any atom is 0.321 e. The van der Waals surface area contributed by atoms with Crippen LogP contribution in [0.5, 0.6) is 11.6 Å². The van der Waals surface area contributed by atoms with E-state index in [0.29, 0.717) is 24.7 Å². The molecule has 3 aromatic rings. The van der Waals surface area contributed by atoms with E-state index in [1.54, 1.807) is 24.7 Å². The predicted molar refractivity (Wildman–Crippen MR) is 117 cm³/mol. The van der Waals surface area contributed by atoms with Gasteiger partial charge in [-0.2, -0.15) is 0 Å². The molecule has 1 N–H and O–H groups in total. The predicted octanol–water partition coefficient (Wildman–Crippen LogP) is 5.23. The van der Waals surface area contributed by atoms with Crippen LogP contribution in [-0.4, -0.2) is 34.0 Å². The van der Waals surface area contributed by atoms with Crippen molar-refractivity contribution in [1.29, 1.82) is 0 Å². The van der Waals surface area contributed by atoms with Gasteiger partial charge >= 0.3 is 6.03 Å². The number of benzene rings is 1. The second-order valence-corrected chi connectivity index (χ2v) is 7.33. The molecule has 0 spiro atoms. The number of nitrogens with one attached hydrogen (secondary N) is 1. The van der Waals surface area contributed by atoms with Crippen molar-refractivity contribution in [3.63, 3.8) is 0 Å². The molecule has 0 aliphatic carbocycles. The lowest BCUT2D eigenvalue weighted by atomic mass is 9.91. The lowest BCUT2D eigenvalue weighted by molar-refractivity contribution is 0.198. The summed E-state index contributed by atoms with van der Waals surface area (Å²) < 4.78 is 5.83. The van der Waals surface area contributed by atoms with Crippen molar-refractivity contribution < 1.29 is 9.53 Å². The molecule has 3 heterocycles. The van der Waals surface area contributed by atoms with Gasteiger partial charge in [-0.1, -0.05) is 36.8 Å². The van der Waals surface area contributed by atoms with E-state index < -0.39 is 0 Å². The number of pyridine rings is 2. The molecule has 2 amide bonds. The highest BCUT2D eigenvalue weighted by Crippen LogP contribution is 2.27. The van der Waals surface area contributed by atoms with Crippen LogP contribution >= 0.6 is 0 Å². The summed E-state index contributed by atoms with van der Waals surface area (Å²) in [5.74, 6) is 1.60. The Labute approximate surface area is 176 Å². The zero-order valence-electron chi connectivity index (χ0n) is 16.9. The molecule has 6 nitrogen and oxygen atoms in total. The quantitative estimate of drug-likeness (QED) is 0.651. The number of piperidine rings is 1. The molecule has 152 valence electrons. The Morgan fingerprint density at radius 1 is 1.17 bits per heavy atom. The molecule has 4 rings (SSSR count). The molecule has 1 atom stereocenters. The summed E-state index contributed by atoms with van der Waals surface area (Å²) in [5, 5.41) is 2.91. The van der Waals surface area contributed by atoms with Crippen LogP contribution in [0.2, 0.25) is 0 Å². The van der Waals surface area contributed by atoms with Crippen LogP contribution in [0.1, 0.15) is 18.9 Å². The Morgan fingerprint density at radius 3 is 2.87 bits per heavy atom. The number of carbonyl (C=O) groups is 1. The van der Waals surface area contributed by atoms with Crippen molar-refractivity contribution in [1.82, 2.24) is 14.9 Å². The number of carbonyl (C=O) groups excluding carboxylic acids is 1. The summed E-state index contributed by atoms with van der Waals surface area (Å²) in [4.78, 5) is 22.6. The van der Waals surface area contributed by atoms with E-state index in [1.807, 2.05) is 47.4 Å². The highest BCUT2D eigenvalue weighted by molar-refractivity contribution is 5.89. The SMILES string of the molecule is CC1CN(C(=O)Nc2cccnc2)CC/C1=C\c1cccc(Oc2ccccn2)c1. The van der Waals surface area contributed by atoms with E-state index >= 15 is 0 Å². The lowest BCUT2D eigenvalue weighted by Crippen LogP contribution is -2.42. The first kappa shape index (κ1) is 19.6. The average Bonchev–Trinajstić information content (AvgIpc) is 2.77. The number of ether oxygens (including phenoxy) is 1. The summed E-state index contributed by atoms with van der Waals surface area (Å²) in [6.07, 6.45) is 8.09. The fourth-order valence-electron chi connectivity index (χ4n) is 3.50. The third kappa shape index (κ3) is 5.03. The molecule has 1 unspecified atom stereocenters. The molecule has 1 aromatic carbocycles. The van der Waals surface area contributed by atoms with Crippen LogP contribution in [0, 0.1) is 5.92 Å². The Hall–Kier alpha value is -3.67. The molecule has 30 heavy (non-hydrogen) atoms. The minimum Gasteiger partial charge on any atom is -0.439 e. The number of hydrogen-bond donors (Lipinski definition) is 1. The molecule has 1 aliphatic heterocycles. The number of hydrogen-bond acceptors (Lipinski definition) is 4. The first-order valence-electron chi connectivity index (χ1n) is 10.0. The zero-order valence-corrected chi connectivity index (χ0v) is 16.9. The normalized spacial score (nSPS) is 17.6. The van der Waals surface area contributed by atoms with E-state index in [1.165, 1.54) is 5.57 Å². The van der Waals surface area contributed by atoms with Crippen molar-refractivity contribution in [2.75, 3.05) is 18.4 Å². The van der Waals surface area contributed by atoms with E-state index in [0.717, 1.165) is 17.7 Å². The Morgan fingerprint density at radius 2 is 2.10 bits per heavy atom. The molecular formula is C24H24N4O2. The van der Waals surface area contributed by atoms with Gasteiger partial charge in [0, 0.05) is 31.5 Å². The largest absolute Gasteiger partial charge is 0.439 e. The number of urea groups is 1. The molecule has 1 fully saturated rings. The molecule has 2 aromatic heterocycles. The summed E-state index contributed by atoms with van der Waals surface area (Å²) in [7, 11) is 0. The number of anilines is 1. The number of likely N-dealkylation sites (tertiary alicyclic amines) is 1. The standard InChI is InChI=1S/C24H24N4O2/c1-18-17-28(24(29)27-21-7-5-11-25-16-21)13-10-20(18)14-19-6-4-8-22(15-19)30-23-9-2-3-12-26-23/h2-9,11-12,14-16,18H,10,13,17H2,1H3,(H,27,29)/b20-14+. The highest BCUT2D eigenvalue weighted by atomic mass is 16.5. The first-order valence-corrected chi connectivity index (χ1v) is 10.0. The second-order valence-electron chi connectivity index (χ2n) is 7.33. The smallest absolute Gasteiger partial charge is 0.321 e. The van der Waals surface area contributed by atoms with Gasteiger partial charge < -0.3 is 15.0 Å².